The Morgan fingerprint density at radius 3 is 2.27 bits per heavy atom. The van der Waals surface area contributed by atoms with E-state index >= 15 is 0 Å². The lowest BCUT2D eigenvalue weighted by atomic mass is 9.99. The molecule has 0 saturated heterocycles. The summed E-state index contributed by atoms with van der Waals surface area (Å²) in [6.45, 7) is 6.60. The molecule has 33 heavy (non-hydrogen) atoms. The van der Waals surface area contributed by atoms with Gasteiger partial charge >= 0.3 is 0 Å². The van der Waals surface area contributed by atoms with Crippen LogP contribution in [-0.4, -0.2) is 26.0 Å². The van der Waals surface area contributed by atoms with Crippen molar-refractivity contribution in [3.63, 3.8) is 0 Å². The van der Waals surface area contributed by atoms with E-state index in [0.29, 0.717) is 6.54 Å². The summed E-state index contributed by atoms with van der Waals surface area (Å²) in [5, 5.41) is 0.861. The van der Waals surface area contributed by atoms with E-state index in [1.54, 1.807) is 24.3 Å². The second-order valence-corrected chi connectivity index (χ2v) is 9.79. The topological polar surface area (TPSA) is 77.4 Å². The van der Waals surface area contributed by atoms with Crippen molar-refractivity contribution >= 4 is 26.8 Å². The largest absolute Gasteiger partial charge is 0.495 e. The molecule has 0 aliphatic carbocycles. The van der Waals surface area contributed by atoms with Crippen LogP contribution in [0.5, 0.6) is 5.75 Å². The van der Waals surface area contributed by atoms with Crippen molar-refractivity contribution in [3.8, 4) is 5.75 Å². The smallest absolute Gasteiger partial charge is 0.281 e. The van der Waals surface area contributed by atoms with Gasteiger partial charge in [-0.25, -0.2) is 13.1 Å². The molecule has 0 saturated carbocycles. The maximum Gasteiger partial charge on any atom is 0.281 e. The number of nitrogens with one attached hydrogen (secondary N) is 1. The van der Waals surface area contributed by atoms with Crippen molar-refractivity contribution < 1.29 is 17.9 Å². The number of nitrogens with zero attached hydrogens (tertiary/aromatic N) is 1. The second-order valence-electron chi connectivity index (χ2n) is 8.14. The number of hydrogen-bond donors (Lipinski definition) is 1. The third kappa shape index (κ3) is 4.36. The molecule has 0 fully saturated rings. The Hall–Kier alpha value is -3.58. The molecule has 0 atom stereocenters. The zero-order valence-electron chi connectivity index (χ0n) is 19.0. The number of carbonyl (C=O) groups excluding carboxylic acids is 1. The molecule has 4 aromatic rings. The number of aryl methyl sites for hydroxylation is 3. The van der Waals surface area contributed by atoms with E-state index in [1.807, 2.05) is 42.7 Å². The lowest BCUT2D eigenvalue weighted by Crippen LogP contribution is -2.32. The van der Waals surface area contributed by atoms with E-state index in [9.17, 15) is 13.2 Å². The highest BCUT2D eigenvalue weighted by molar-refractivity contribution is 7.90. The van der Waals surface area contributed by atoms with Crippen LogP contribution in [0, 0.1) is 20.8 Å². The average molecular weight is 463 g/mol. The van der Waals surface area contributed by atoms with Gasteiger partial charge < -0.3 is 9.30 Å². The molecule has 1 N–H and O–H groups in total. The molecule has 0 unspecified atom stereocenters. The molecule has 170 valence electrons. The zero-order valence-corrected chi connectivity index (χ0v) is 19.9. The van der Waals surface area contributed by atoms with Crippen molar-refractivity contribution in [2.45, 2.75) is 32.2 Å². The predicted molar refractivity (Wildman–Crippen MR) is 129 cm³/mol. The Morgan fingerprint density at radius 2 is 1.58 bits per heavy atom. The monoisotopic (exact) mass is 462 g/mol. The minimum atomic E-state index is -4.14. The number of aromatic nitrogens is 1. The van der Waals surface area contributed by atoms with Gasteiger partial charge in [-0.2, -0.15) is 0 Å². The van der Waals surface area contributed by atoms with Gasteiger partial charge in [-0.1, -0.05) is 48.0 Å². The third-order valence-electron chi connectivity index (χ3n) is 5.79. The fourth-order valence-corrected chi connectivity index (χ4v) is 5.39. The van der Waals surface area contributed by atoms with E-state index in [2.05, 4.69) is 23.8 Å². The minimum absolute atomic E-state index is 0.0891. The summed E-state index contributed by atoms with van der Waals surface area (Å²) < 4.78 is 35.3. The van der Waals surface area contributed by atoms with Crippen LogP contribution in [0.3, 0.4) is 0 Å². The van der Waals surface area contributed by atoms with E-state index in [-0.39, 0.29) is 16.3 Å². The summed E-state index contributed by atoms with van der Waals surface area (Å²) >= 11 is 0. The third-order valence-corrected chi connectivity index (χ3v) is 7.16. The van der Waals surface area contributed by atoms with Gasteiger partial charge in [0, 0.05) is 17.4 Å². The molecule has 4 rings (SSSR count). The Morgan fingerprint density at radius 1 is 0.939 bits per heavy atom. The number of hydrogen-bond acceptors (Lipinski definition) is 4. The van der Waals surface area contributed by atoms with Gasteiger partial charge in [0.2, 0.25) is 0 Å². The van der Waals surface area contributed by atoms with Gasteiger partial charge in [-0.3, -0.25) is 4.79 Å². The Labute approximate surface area is 193 Å². The van der Waals surface area contributed by atoms with Crippen LogP contribution < -0.4 is 9.46 Å². The molecule has 0 aliphatic rings. The Kier molecular flexibility index (Phi) is 5.99. The molecule has 7 heteroatoms. The van der Waals surface area contributed by atoms with E-state index in [4.69, 9.17) is 4.74 Å². The molecule has 6 nitrogen and oxygen atoms in total. The van der Waals surface area contributed by atoms with Gasteiger partial charge in [0.05, 0.1) is 7.11 Å². The fraction of sp³-hybridized carbons (Fsp3) is 0.192. The lowest BCUT2D eigenvalue weighted by molar-refractivity contribution is 0.0973. The number of rotatable bonds is 6. The van der Waals surface area contributed by atoms with Gasteiger partial charge in [-0.05, 0) is 61.7 Å². The Balaban J connectivity index is 1.78. The van der Waals surface area contributed by atoms with Gasteiger partial charge in [0.25, 0.3) is 15.9 Å². The van der Waals surface area contributed by atoms with Gasteiger partial charge in [0.1, 0.15) is 16.3 Å². The van der Waals surface area contributed by atoms with Crippen LogP contribution >= 0.6 is 0 Å². The molecular formula is C26H26N2O4S. The van der Waals surface area contributed by atoms with Gasteiger partial charge in [-0.15, -0.1) is 0 Å². The van der Waals surface area contributed by atoms with Crippen molar-refractivity contribution in [2.24, 2.45) is 0 Å². The molecule has 0 radical (unpaired) electrons. The van der Waals surface area contributed by atoms with Crippen molar-refractivity contribution in [2.75, 3.05) is 7.11 Å². The molecule has 3 aromatic carbocycles. The van der Waals surface area contributed by atoms with Crippen LogP contribution in [-0.2, 0) is 16.6 Å². The summed E-state index contributed by atoms with van der Waals surface area (Å²) in [5.41, 5.74) is 5.65. The number of fused-ring (bicyclic) bond motifs is 1. The highest BCUT2D eigenvalue weighted by atomic mass is 32.2. The van der Waals surface area contributed by atoms with Crippen LogP contribution in [0.15, 0.2) is 71.6 Å². The first-order valence-corrected chi connectivity index (χ1v) is 12.0. The number of methoxy groups -OCH3 is 1. The number of carbonyl (C=O) groups is 1. The van der Waals surface area contributed by atoms with Gasteiger partial charge in [0.15, 0.2) is 0 Å². The van der Waals surface area contributed by atoms with Crippen LogP contribution in [0.1, 0.15) is 32.7 Å². The quantitative estimate of drug-likeness (QED) is 0.449. The zero-order chi connectivity index (χ0) is 23.8. The summed E-state index contributed by atoms with van der Waals surface area (Å²) in [7, 11) is -2.75. The SMILES string of the molecule is COc1ccccc1S(=O)(=O)NC(=O)c1cc2ccccc2n1Cc1c(C)cc(C)cc1C. The molecule has 1 aromatic heterocycles. The normalized spacial score (nSPS) is 11.5. The summed E-state index contributed by atoms with van der Waals surface area (Å²) in [6.07, 6.45) is 0. The number of ether oxygens (including phenoxy) is 1. The fourth-order valence-electron chi connectivity index (χ4n) is 4.26. The summed E-state index contributed by atoms with van der Waals surface area (Å²) in [5.74, 6) is -0.524. The molecule has 1 amide bonds. The molecule has 0 bridgehead atoms. The van der Waals surface area contributed by atoms with E-state index in [1.165, 1.54) is 18.7 Å². The number of para-hydroxylation sites is 2. The van der Waals surface area contributed by atoms with Crippen LogP contribution in [0.4, 0.5) is 0 Å². The maximum atomic E-state index is 13.3. The van der Waals surface area contributed by atoms with E-state index < -0.39 is 15.9 Å². The lowest BCUT2D eigenvalue weighted by Gasteiger charge is -2.16. The standard InChI is InChI=1S/C26H26N2O4S/c1-17-13-18(2)21(19(3)14-17)16-28-22-10-6-5-9-20(22)15-23(28)26(29)27-33(30,31)25-12-8-7-11-24(25)32-4/h5-15H,16H2,1-4H3,(H,27,29). The molecule has 0 spiro atoms. The summed E-state index contributed by atoms with van der Waals surface area (Å²) in [4.78, 5) is 13.2. The van der Waals surface area contributed by atoms with Crippen molar-refractivity contribution in [1.82, 2.24) is 9.29 Å². The molecular weight excluding hydrogens is 436 g/mol. The number of sulfonamides is 1. The number of benzene rings is 3. The molecule has 0 aliphatic heterocycles. The molecule has 1 heterocycles. The van der Waals surface area contributed by atoms with Crippen molar-refractivity contribution in [3.05, 3.63) is 94.7 Å². The second kappa shape index (κ2) is 8.75. The van der Waals surface area contributed by atoms with Crippen molar-refractivity contribution in [1.29, 1.82) is 0 Å². The predicted octanol–water partition coefficient (Wildman–Crippen LogP) is 4.74. The average Bonchev–Trinajstić information content (AvgIpc) is 3.14. The van der Waals surface area contributed by atoms with Crippen LogP contribution in [0.2, 0.25) is 0 Å². The summed E-state index contributed by atoms with van der Waals surface area (Å²) in [6, 6.07) is 19.8. The minimum Gasteiger partial charge on any atom is -0.495 e. The number of amides is 1. The maximum absolute atomic E-state index is 13.3. The highest BCUT2D eigenvalue weighted by Gasteiger charge is 2.25. The first-order valence-electron chi connectivity index (χ1n) is 10.6. The first kappa shape index (κ1) is 22.6. The Bertz CT molecular complexity index is 1450. The van der Waals surface area contributed by atoms with Crippen LogP contribution in [0.25, 0.3) is 10.9 Å². The highest BCUT2D eigenvalue weighted by Crippen LogP contribution is 2.26. The van der Waals surface area contributed by atoms with E-state index in [0.717, 1.165) is 27.6 Å². The first-order chi connectivity index (χ1) is 15.7.